The topological polar surface area (TPSA) is 15.3 Å². The predicted molar refractivity (Wildman–Crippen MR) is 39.6 cm³/mol. The molecule has 2 heteroatoms. The number of hydrogen-bond acceptors (Lipinski definition) is 2. The van der Waals surface area contributed by atoms with E-state index >= 15 is 0 Å². The maximum Gasteiger partial charge on any atom is 0.0492 e. The summed E-state index contributed by atoms with van der Waals surface area (Å²) < 4.78 is 0. The van der Waals surface area contributed by atoms with Crippen LogP contribution in [0.5, 0.6) is 0 Å². The summed E-state index contributed by atoms with van der Waals surface area (Å²) in [5, 5.41) is 3.41. The van der Waals surface area contributed by atoms with Gasteiger partial charge in [-0.3, -0.25) is 4.90 Å². The molecule has 2 fully saturated rings. The van der Waals surface area contributed by atoms with E-state index in [2.05, 4.69) is 16.3 Å². The fourth-order valence-electron chi connectivity index (χ4n) is 2.18. The largest absolute Gasteiger partial charge is 0.304 e. The van der Waals surface area contributed by atoms with Crippen LogP contribution in [0, 0.1) is 0 Å². The lowest BCUT2D eigenvalue weighted by Gasteiger charge is -2.31. The fraction of sp³-hybridized carbons (Fsp3) is 0.750. The first-order valence-electron chi connectivity index (χ1n) is 4.12. The number of hydrogen-bond donors (Lipinski definition) is 1. The van der Waals surface area contributed by atoms with Crippen LogP contribution in [0.15, 0.2) is 11.6 Å². The van der Waals surface area contributed by atoms with Crippen LogP contribution in [0.2, 0.25) is 0 Å². The molecule has 0 aromatic carbocycles. The highest BCUT2D eigenvalue weighted by Crippen LogP contribution is 2.43. The molecule has 3 aliphatic rings. The van der Waals surface area contributed by atoms with Gasteiger partial charge in [-0.1, -0.05) is 11.6 Å². The normalized spacial score (nSPS) is 44.2. The minimum absolute atomic E-state index is 0.801. The number of nitrogens with zero attached hydrogens (tertiary/aromatic N) is 1. The summed E-state index contributed by atoms with van der Waals surface area (Å²) in [6.45, 7) is 2.33. The Hall–Kier alpha value is -0.340. The Morgan fingerprint density at radius 3 is 3.50 bits per heavy atom. The Kier molecular flexibility index (Phi) is 0.868. The van der Waals surface area contributed by atoms with E-state index in [1.807, 2.05) is 0 Å². The van der Waals surface area contributed by atoms with Crippen LogP contribution in [0.1, 0.15) is 12.8 Å². The second kappa shape index (κ2) is 1.63. The Morgan fingerprint density at radius 2 is 2.60 bits per heavy atom. The Labute approximate surface area is 60.9 Å². The second-order valence-corrected chi connectivity index (χ2v) is 3.49. The van der Waals surface area contributed by atoms with Crippen LogP contribution in [-0.2, 0) is 0 Å². The summed E-state index contributed by atoms with van der Waals surface area (Å²) >= 11 is 0. The molecule has 10 heavy (non-hydrogen) atoms. The van der Waals surface area contributed by atoms with Gasteiger partial charge in [0.25, 0.3) is 0 Å². The Morgan fingerprint density at radius 1 is 1.60 bits per heavy atom. The van der Waals surface area contributed by atoms with Gasteiger partial charge >= 0.3 is 0 Å². The van der Waals surface area contributed by atoms with Crippen LogP contribution < -0.4 is 5.32 Å². The van der Waals surface area contributed by atoms with E-state index in [0.29, 0.717) is 0 Å². The van der Waals surface area contributed by atoms with Gasteiger partial charge in [-0.2, -0.15) is 0 Å². The highest BCUT2D eigenvalue weighted by molar-refractivity contribution is 5.36. The van der Waals surface area contributed by atoms with Crippen molar-refractivity contribution in [3.8, 4) is 0 Å². The molecule has 2 atom stereocenters. The van der Waals surface area contributed by atoms with Crippen LogP contribution >= 0.6 is 0 Å². The molecule has 1 aliphatic carbocycles. The van der Waals surface area contributed by atoms with Crippen LogP contribution in [0.25, 0.3) is 0 Å². The van der Waals surface area contributed by atoms with E-state index in [4.69, 9.17) is 0 Å². The first-order chi connectivity index (χ1) is 4.95. The van der Waals surface area contributed by atoms with Gasteiger partial charge in [-0.05, 0) is 19.4 Å². The molecule has 2 nitrogen and oxygen atoms in total. The highest BCUT2D eigenvalue weighted by Gasteiger charge is 2.44. The molecular formula is C8H12N2. The van der Waals surface area contributed by atoms with Crippen molar-refractivity contribution in [1.82, 2.24) is 10.2 Å². The van der Waals surface area contributed by atoms with Gasteiger partial charge in [-0.15, -0.1) is 0 Å². The maximum atomic E-state index is 3.41. The third-order valence-corrected chi connectivity index (χ3v) is 2.84. The van der Waals surface area contributed by atoms with Gasteiger partial charge in [0.05, 0.1) is 0 Å². The third-order valence-electron chi connectivity index (χ3n) is 2.84. The molecule has 2 unspecified atom stereocenters. The van der Waals surface area contributed by atoms with Crippen molar-refractivity contribution in [2.45, 2.75) is 24.9 Å². The molecule has 0 amide bonds. The van der Waals surface area contributed by atoms with Crippen molar-refractivity contribution < 1.29 is 0 Å². The fourth-order valence-corrected chi connectivity index (χ4v) is 2.18. The summed E-state index contributed by atoms with van der Waals surface area (Å²) in [6, 6.07) is 1.66. The molecule has 0 bridgehead atoms. The van der Waals surface area contributed by atoms with E-state index in [0.717, 1.165) is 18.8 Å². The summed E-state index contributed by atoms with van der Waals surface area (Å²) in [7, 11) is 0. The van der Waals surface area contributed by atoms with Crippen molar-refractivity contribution in [3.05, 3.63) is 11.6 Å². The second-order valence-electron chi connectivity index (χ2n) is 3.49. The smallest absolute Gasteiger partial charge is 0.0492 e. The third kappa shape index (κ3) is 0.559. The average Bonchev–Trinajstić information content (AvgIpc) is 2.64. The van der Waals surface area contributed by atoms with Gasteiger partial charge in [0.1, 0.15) is 0 Å². The Bertz CT molecular complexity index is 197. The first-order valence-corrected chi connectivity index (χ1v) is 4.12. The number of fused-ring (bicyclic) bond motifs is 3. The zero-order valence-corrected chi connectivity index (χ0v) is 6.01. The molecule has 1 saturated heterocycles. The molecule has 0 radical (unpaired) electrons. The van der Waals surface area contributed by atoms with E-state index < -0.39 is 0 Å². The van der Waals surface area contributed by atoms with Crippen molar-refractivity contribution in [2.24, 2.45) is 0 Å². The van der Waals surface area contributed by atoms with Gasteiger partial charge in [0.15, 0.2) is 0 Å². The van der Waals surface area contributed by atoms with E-state index in [1.54, 1.807) is 5.57 Å². The molecule has 1 N–H and O–H groups in total. The molecule has 2 heterocycles. The first kappa shape index (κ1) is 5.33. The maximum absolute atomic E-state index is 3.41. The molecule has 54 valence electrons. The quantitative estimate of drug-likeness (QED) is 0.482. The summed E-state index contributed by atoms with van der Waals surface area (Å²) in [4.78, 5) is 2.58. The number of nitrogens with one attached hydrogen (secondary N) is 1. The minimum Gasteiger partial charge on any atom is -0.304 e. The Balaban J connectivity index is 1.88. The van der Waals surface area contributed by atoms with E-state index in [-0.39, 0.29) is 0 Å². The minimum atomic E-state index is 0.801. The van der Waals surface area contributed by atoms with E-state index in [9.17, 15) is 0 Å². The van der Waals surface area contributed by atoms with Gasteiger partial charge < -0.3 is 5.32 Å². The number of rotatable bonds is 0. The van der Waals surface area contributed by atoms with Crippen molar-refractivity contribution in [2.75, 3.05) is 13.2 Å². The zero-order chi connectivity index (χ0) is 6.55. The van der Waals surface area contributed by atoms with Crippen LogP contribution in [0.3, 0.4) is 0 Å². The van der Waals surface area contributed by atoms with Gasteiger partial charge in [-0.25, -0.2) is 0 Å². The predicted octanol–water partition coefficient (Wildman–Crippen LogP) is 0.320. The summed E-state index contributed by atoms with van der Waals surface area (Å²) in [5.74, 6) is 0. The molecule has 3 rings (SSSR count). The average molecular weight is 136 g/mol. The molecule has 0 aromatic heterocycles. The lowest BCUT2D eigenvalue weighted by Crippen LogP contribution is -2.46. The summed E-state index contributed by atoms with van der Waals surface area (Å²) in [6.07, 6.45) is 5.16. The van der Waals surface area contributed by atoms with Crippen molar-refractivity contribution in [1.29, 1.82) is 0 Å². The van der Waals surface area contributed by atoms with Crippen molar-refractivity contribution in [3.63, 3.8) is 0 Å². The summed E-state index contributed by atoms with van der Waals surface area (Å²) in [5.41, 5.74) is 1.70. The lowest BCUT2D eigenvalue weighted by molar-refractivity contribution is 0.176. The van der Waals surface area contributed by atoms with Crippen LogP contribution in [0.4, 0.5) is 0 Å². The van der Waals surface area contributed by atoms with Gasteiger partial charge in [0, 0.05) is 18.8 Å². The monoisotopic (exact) mass is 136 g/mol. The molecular weight excluding hydrogens is 124 g/mol. The molecule has 2 aliphatic heterocycles. The lowest BCUT2D eigenvalue weighted by atomic mass is 10.1. The SMILES string of the molecule is C1=C2CC2N2CNCCC12. The standard InChI is InChI=1S/C8H12N2/c1-2-9-5-10-7(1)3-6-4-8(6)10/h3,7-9H,1-2,4-5H2. The molecule has 1 saturated carbocycles. The zero-order valence-electron chi connectivity index (χ0n) is 6.01. The molecule has 0 aromatic rings. The van der Waals surface area contributed by atoms with Gasteiger partial charge in [0.2, 0.25) is 0 Å². The van der Waals surface area contributed by atoms with Crippen molar-refractivity contribution >= 4 is 0 Å². The molecule has 0 spiro atoms. The van der Waals surface area contributed by atoms with E-state index in [1.165, 1.54) is 19.4 Å². The highest BCUT2D eigenvalue weighted by atomic mass is 15.3. The van der Waals surface area contributed by atoms with Crippen LogP contribution in [-0.4, -0.2) is 30.2 Å².